The summed E-state index contributed by atoms with van der Waals surface area (Å²) >= 11 is 1.30. The van der Waals surface area contributed by atoms with Crippen LogP contribution in [0.2, 0.25) is 0 Å². The molecule has 1 fully saturated rings. The number of benzene rings is 1. The normalized spacial score (nSPS) is 13.8. The van der Waals surface area contributed by atoms with E-state index in [9.17, 15) is 9.59 Å². The maximum atomic E-state index is 12.6. The molecule has 1 aliphatic rings. The number of hydrogen-bond donors (Lipinski definition) is 1. The third kappa shape index (κ3) is 4.52. The van der Waals surface area contributed by atoms with Crippen LogP contribution in [0.15, 0.2) is 48.7 Å². The fourth-order valence-corrected chi connectivity index (χ4v) is 4.15. The second-order valence-corrected chi connectivity index (χ2v) is 7.80. The molecule has 4 rings (SSSR count). The van der Waals surface area contributed by atoms with Crippen LogP contribution < -0.4 is 10.2 Å². The zero-order chi connectivity index (χ0) is 20.9. The Hall–Kier alpha value is -3.17. The highest BCUT2D eigenvalue weighted by atomic mass is 32.1. The molecule has 1 aromatic carbocycles. The van der Waals surface area contributed by atoms with Gasteiger partial charge in [0.25, 0.3) is 0 Å². The quantitative estimate of drug-likeness (QED) is 0.610. The first-order chi connectivity index (χ1) is 14.6. The topological polar surface area (TPSA) is 85.7 Å². The Balaban J connectivity index is 1.42. The Labute approximate surface area is 178 Å². The average molecular weight is 426 g/mol. The highest BCUT2D eigenvalue weighted by Gasteiger charge is 2.16. The number of ether oxygens (including phenoxy) is 2. The molecular weight excluding hydrogens is 404 g/mol. The van der Waals surface area contributed by atoms with Crippen molar-refractivity contribution in [3.63, 3.8) is 0 Å². The third-order valence-corrected chi connectivity index (χ3v) is 5.81. The lowest BCUT2D eigenvalue weighted by atomic mass is 10.2. The van der Waals surface area contributed by atoms with Crippen molar-refractivity contribution in [3.8, 4) is 10.6 Å². The molecule has 1 saturated heterocycles. The van der Waals surface area contributed by atoms with Crippen molar-refractivity contribution in [2.45, 2.75) is 6.54 Å². The summed E-state index contributed by atoms with van der Waals surface area (Å²) in [6.07, 6.45) is 1.75. The van der Waals surface area contributed by atoms with Crippen LogP contribution in [0.5, 0.6) is 0 Å². The van der Waals surface area contributed by atoms with Gasteiger partial charge in [0.15, 0.2) is 0 Å². The lowest BCUT2D eigenvalue weighted by molar-refractivity contribution is -0.116. The van der Waals surface area contributed by atoms with Gasteiger partial charge in [-0.15, -0.1) is 11.3 Å². The van der Waals surface area contributed by atoms with E-state index in [0.29, 0.717) is 23.8 Å². The first-order valence-electron chi connectivity index (χ1n) is 9.57. The molecule has 1 amide bonds. The van der Waals surface area contributed by atoms with Crippen LogP contribution in [-0.4, -0.2) is 55.1 Å². The fraction of sp³-hybridized carbons (Fsp3) is 0.286. The molecule has 2 aromatic heterocycles. The lowest BCUT2D eigenvalue weighted by Gasteiger charge is -2.30. The maximum Gasteiger partial charge on any atom is 0.348 e. The minimum Gasteiger partial charge on any atom is -0.465 e. The van der Waals surface area contributed by atoms with E-state index < -0.39 is 0 Å². The van der Waals surface area contributed by atoms with Gasteiger partial charge in [-0.2, -0.15) is 5.10 Å². The molecule has 1 N–H and O–H groups in total. The molecule has 0 saturated carbocycles. The van der Waals surface area contributed by atoms with E-state index in [-0.39, 0.29) is 18.4 Å². The van der Waals surface area contributed by atoms with Crippen LogP contribution >= 0.6 is 11.3 Å². The van der Waals surface area contributed by atoms with E-state index >= 15 is 0 Å². The van der Waals surface area contributed by atoms with Gasteiger partial charge in [-0.1, -0.05) is 12.1 Å². The SMILES string of the molecule is COC(=O)c1ccc(-c2ccn(CC(=O)Nc3ccccc3N3CCOCC3)n2)s1. The summed E-state index contributed by atoms with van der Waals surface area (Å²) in [5.41, 5.74) is 2.47. The van der Waals surface area contributed by atoms with Crippen molar-refractivity contribution in [1.29, 1.82) is 0 Å². The Bertz CT molecular complexity index is 1040. The van der Waals surface area contributed by atoms with Gasteiger partial charge in [0.2, 0.25) is 5.91 Å². The van der Waals surface area contributed by atoms with Gasteiger partial charge in [0.1, 0.15) is 17.1 Å². The number of thiophene rings is 1. The number of amides is 1. The largest absolute Gasteiger partial charge is 0.465 e. The highest BCUT2D eigenvalue weighted by Crippen LogP contribution is 2.28. The number of aromatic nitrogens is 2. The number of nitrogens with zero attached hydrogens (tertiary/aromatic N) is 3. The fourth-order valence-electron chi connectivity index (χ4n) is 3.26. The molecule has 30 heavy (non-hydrogen) atoms. The Morgan fingerprint density at radius 3 is 2.77 bits per heavy atom. The summed E-state index contributed by atoms with van der Waals surface area (Å²) in [5, 5.41) is 7.45. The number of nitrogens with one attached hydrogen (secondary N) is 1. The molecule has 9 heteroatoms. The average Bonchev–Trinajstić information content (AvgIpc) is 3.44. The summed E-state index contributed by atoms with van der Waals surface area (Å²) in [5.74, 6) is -0.532. The molecule has 0 spiro atoms. The third-order valence-electron chi connectivity index (χ3n) is 4.72. The zero-order valence-electron chi connectivity index (χ0n) is 16.5. The number of anilines is 2. The molecule has 1 aliphatic heterocycles. The second-order valence-electron chi connectivity index (χ2n) is 6.72. The van der Waals surface area contributed by atoms with Crippen molar-refractivity contribution in [2.75, 3.05) is 43.6 Å². The van der Waals surface area contributed by atoms with Crippen LogP contribution in [0.3, 0.4) is 0 Å². The van der Waals surface area contributed by atoms with E-state index in [4.69, 9.17) is 9.47 Å². The first-order valence-corrected chi connectivity index (χ1v) is 10.4. The van der Waals surface area contributed by atoms with Gasteiger partial charge >= 0.3 is 5.97 Å². The Morgan fingerprint density at radius 2 is 1.97 bits per heavy atom. The molecule has 0 bridgehead atoms. The molecule has 0 aliphatic carbocycles. The first kappa shape index (κ1) is 20.1. The minimum absolute atomic E-state index is 0.0900. The maximum absolute atomic E-state index is 12.6. The van der Waals surface area contributed by atoms with Gasteiger partial charge in [0, 0.05) is 19.3 Å². The van der Waals surface area contributed by atoms with Crippen molar-refractivity contribution >= 4 is 34.6 Å². The van der Waals surface area contributed by atoms with Crippen molar-refractivity contribution < 1.29 is 19.1 Å². The Kier molecular flexibility index (Phi) is 6.10. The summed E-state index contributed by atoms with van der Waals surface area (Å²) in [6.45, 7) is 3.04. The van der Waals surface area contributed by atoms with Crippen LogP contribution in [0.1, 0.15) is 9.67 Å². The molecule has 0 radical (unpaired) electrons. The van der Waals surface area contributed by atoms with Crippen molar-refractivity contribution in [3.05, 3.63) is 53.5 Å². The number of rotatable bonds is 6. The summed E-state index contributed by atoms with van der Waals surface area (Å²) in [6, 6.07) is 13.1. The number of hydrogen-bond acceptors (Lipinski definition) is 7. The zero-order valence-corrected chi connectivity index (χ0v) is 17.4. The minimum atomic E-state index is -0.371. The number of carbonyl (C=O) groups excluding carboxylic acids is 2. The predicted octanol–water partition coefficient (Wildman–Crippen LogP) is 2.87. The van der Waals surface area contributed by atoms with Crippen molar-refractivity contribution in [2.24, 2.45) is 0 Å². The van der Waals surface area contributed by atoms with E-state index in [2.05, 4.69) is 15.3 Å². The van der Waals surface area contributed by atoms with Crippen LogP contribution in [0.25, 0.3) is 10.6 Å². The monoisotopic (exact) mass is 426 g/mol. The molecule has 156 valence electrons. The molecular formula is C21H22N4O4S. The molecule has 3 aromatic rings. The number of methoxy groups -OCH3 is 1. The summed E-state index contributed by atoms with van der Waals surface area (Å²) in [4.78, 5) is 27.8. The number of morpholine rings is 1. The molecule has 8 nitrogen and oxygen atoms in total. The molecule has 3 heterocycles. The Morgan fingerprint density at radius 1 is 1.17 bits per heavy atom. The van der Waals surface area contributed by atoms with Crippen LogP contribution in [0.4, 0.5) is 11.4 Å². The number of para-hydroxylation sites is 2. The lowest BCUT2D eigenvalue weighted by Crippen LogP contribution is -2.36. The van der Waals surface area contributed by atoms with E-state index in [1.165, 1.54) is 18.4 Å². The van der Waals surface area contributed by atoms with E-state index in [0.717, 1.165) is 29.3 Å². The molecule has 0 atom stereocenters. The van der Waals surface area contributed by atoms with Gasteiger partial charge in [-0.3, -0.25) is 9.48 Å². The van der Waals surface area contributed by atoms with Gasteiger partial charge in [-0.25, -0.2) is 4.79 Å². The van der Waals surface area contributed by atoms with Crippen LogP contribution in [0, 0.1) is 0 Å². The summed E-state index contributed by atoms with van der Waals surface area (Å²) in [7, 11) is 1.35. The summed E-state index contributed by atoms with van der Waals surface area (Å²) < 4.78 is 11.7. The molecule has 0 unspecified atom stereocenters. The number of carbonyl (C=O) groups is 2. The second kappa shape index (κ2) is 9.10. The van der Waals surface area contributed by atoms with Crippen molar-refractivity contribution in [1.82, 2.24) is 9.78 Å². The number of esters is 1. The van der Waals surface area contributed by atoms with Crippen LogP contribution in [-0.2, 0) is 20.8 Å². The van der Waals surface area contributed by atoms with E-state index in [1.807, 2.05) is 36.4 Å². The van der Waals surface area contributed by atoms with E-state index in [1.54, 1.807) is 16.9 Å². The van der Waals surface area contributed by atoms with Gasteiger partial charge < -0.3 is 19.7 Å². The smallest absolute Gasteiger partial charge is 0.348 e. The van der Waals surface area contributed by atoms with Gasteiger partial charge in [0.05, 0.1) is 36.6 Å². The standard InChI is InChI=1S/C21H22N4O4S/c1-28-21(27)19-7-6-18(30-19)16-8-9-25(23-16)14-20(26)22-15-4-2-3-5-17(15)24-10-12-29-13-11-24/h2-9H,10-14H2,1H3,(H,22,26). The predicted molar refractivity (Wildman–Crippen MR) is 115 cm³/mol. The highest BCUT2D eigenvalue weighted by molar-refractivity contribution is 7.17. The van der Waals surface area contributed by atoms with Gasteiger partial charge in [-0.05, 0) is 30.3 Å².